The fraction of sp³-hybridized carbons (Fsp3) is 0.727. The summed E-state index contributed by atoms with van der Waals surface area (Å²) in [7, 11) is 0. The topological polar surface area (TPSA) is 41.1 Å². The summed E-state index contributed by atoms with van der Waals surface area (Å²) in [6, 6.07) is 0.440. The van der Waals surface area contributed by atoms with E-state index in [4.69, 9.17) is 6.42 Å². The summed E-state index contributed by atoms with van der Waals surface area (Å²) in [5.74, 6) is 2.57. The summed E-state index contributed by atoms with van der Waals surface area (Å²) >= 11 is 0. The highest BCUT2D eigenvalue weighted by Gasteiger charge is 2.08. The lowest BCUT2D eigenvalue weighted by Crippen LogP contribution is -2.41. The Balaban J connectivity index is 3.74. The van der Waals surface area contributed by atoms with Crippen LogP contribution < -0.4 is 10.6 Å². The SMILES string of the molecule is C#CCC(CC)NC(=O)CNC(C)C. The third kappa shape index (κ3) is 6.50. The van der Waals surface area contributed by atoms with Gasteiger partial charge in [-0.3, -0.25) is 4.79 Å². The Bertz CT molecular complexity index is 206. The second-order valence-corrected chi connectivity index (χ2v) is 3.62. The number of carbonyl (C=O) groups is 1. The first kappa shape index (κ1) is 13.0. The van der Waals surface area contributed by atoms with Gasteiger partial charge in [0.05, 0.1) is 6.54 Å². The number of terminal acetylenes is 1. The van der Waals surface area contributed by atoms with Crippen molar-refractivity contribution in [2.45, 2.75) is 45.7 Å². The number of nitrogens with one attached hydrogen (secondary N) is 2. The lowest BCUT2D eigenvalue weighted by atomic mass is 10.1. The molecule has 0 heterocycles. The van der Waals surface area contributed by atoms with Gasteiger partial charge in [0.25, 0.3) is 0 Å². The zero-order chi connectivity index (χ0) is 11.0. The monoisotopic (exact) mass is 196 g/mol. The van der Waals surface area contributed by atoms with E-state index < -0.39 is 0 Å². The van der Waals surface area contributed by atoms with Crippen molar-refractivity contribution in [2.75, 3.05) is 6.54 Å². The Labute approximate surface area is 86.6 Å². The average Bonchev–Trinajstić information content (AvgIpc) is 2.14. The summed E-state index contributed by atoms with van der Waals surface area (Å²) in [4.78, 5) is 11.3. The standard InChI is InChI=1S/C11H20N2O/c1-5-7-10(6-2)13-11(14)8-12-9(3)4/h1,9-10,12H,6-8H2,2-4H3,(H,13,14). The Morgan fingerprint density at radius 2 is 2.14 bits per heavy atom. The smallest absolute Gasteiger partial charge is 0.234 e. The van der Waals surface area contributed by atoms with Gasteiger partial charge in [-0.2, -0.15) is 0 Å². The van der Waals surface area contributed by atoms with Crippen molar-refractivity contribution in [1.29, 1.82) is 0 Å². The summed E-state index contributed by atoms with van der Waals surface area (Å²) in [6.45, 7) is 6.38. The van der Waals surface area contributed by atoms with Crippen LogP contribution in [0.15, 0.2) is 0 Å². The second-order valence-electron chi connectivity index (χ2n) is 3.62. The van der Waals surface area contributed by atoms with Gasteiger partial charge in [-0.15, -0.1) is 12.3 Å². The molecule has 80 valence electrons. The molecule has 0 radical (unpaired) electrons. The van der Waals surface area contributed by atoms with Crippen LogP contribution in [0.1, 0.15) is 33.6 Å². The van der Waals surface area contributed by atoms with Gasteiger partial charge in [-0.1, -0.05) is 20.8 Å². The molecule has 3 heteroatoms. The number of hydrogen-bond donors (Lipinski definition) is 2. The van der Waals surface area contributed by atoms with Crippen molar-refractivity contribution >= 4 is 5.91 Å². The van der Waals surface area contributed by atoms with Gasteiger partial charge in [0.1, 0.15) is 0 Å². The van der Waals surface area contributed by atoms with Crippen LogP contribution in [0.3, 0.4) is 0 Å². The maximum absolute atomic E-state index is 11.3. The first-order valence-corrected chi connectivity index (χ1v) is 5.06. The largest absolute Gasteiger partial charge is 0.351 e. The average molecular weight is 196 g/mol. The third-order valence-electron chi connectivity index (χ3n) is 1.89. The van der Waals surface area contributed by atoms with E-state index in [0.29, 0.717) is 19.0 Å². The van der Waals surface area contributed by atoms with Gasteiger partial charge < -0.3 is 10.6 Å². The fourth-order valence-corrected chi connectivity index (χ4v) is 1.02. The summed E-state index contributed by atoms with van der Waals surface area (Å²) in [5.41, 5.74) is 0. The van der Waals surface area contributed by atoms with Gasteiger partial charge in [0.2, 0.25) is 5.91 Å². The van der Waals surface area contributed by atoms with E-state index in [1.54, 1.807) is 0 Å². The molecule has 0 aromatic rings. The molecule has 1 amide bonds. The lowest BCUT2D eigenvalue weighted by Gasteiger charge is -2.15. The van der Waals surface area contributed by atoms with E-state index in [2.05, 4.69) is 16.6 Å². The van der Waals surface area contributed by atoms with Crippen molar-refractivity contribution in [3.8, 4) is 12.3 Å². The van der Waals surface area contributed by atoms with Crippen LogP contribution in [-0.4, -0.2) is 24.5 Å². The number of hydrogen-bond acceptors (Lipinski definition) is 2. The van der Waals surface area contributed by atoms with Crippen molar-refractivity contribution < 1.29 is 4.79 Å². The minimum absolute atomic E-state index is 0.0146. The third-order valence-corrected chi connectivity index (χ3v) is 1.89. The predicted octanol–water partition coefficient (Wildman–Crippen LogP) is 0.902. The van der Waals surface area contributed by atoms with E-state index in [0.717, 1.165) is 6.42 Å². The molecule has 0 saturated heterocycles. The Kier molecular flexibility index (Phi) is 6.87. The molecular weight excluding hydrogens is 176 g/mol. The maximum atomic E-state index is 11.3. The van der Waals surface area contributed by atoms with Crippen LogP contribution in [0.5, 0.6) is 0 Å². The number of amides is 1. The van der Waals surface area contributed by atoms with Crippen LogP contribution in [-0.2, 0) is 4.79 Å². The molecular formula is C11H20N2O. The Morgan fingerprint density at radius 1 is 1.50 bits per heavy atom. The van der Waals surface area contributed by atoms with Gasteiger partial charge in [0.15, 0.2) is 0 Å². The molecule has 0 aliphatic heterocycles. The molecule has 0 bridgehead atoms. The van der Waals surface area contributed by atoms with Crippen LogP contribution in [0.4, 0.5) is 0 Å². The first-order chi connectivity index (χ1) is 6.60. The van der Waals surface area contributed by atoms with E-state index in [1.807, 2.05) is 20.8 Å². The molecule has 0 aromatic carbocycles. The van der Waals surface area contributed by atoms with E-state index >= 15 is 0 Å². The molecule has 0 saturated carbocycles. The molecule has 0 aromatic heterocycles. The minimum atomic E-state index is 0.0146. The zero-order valence-corrected chi connectivity index (χ0v) is 9.26. The summed E-state index contributed by atoms with van der Waals surface area (Å²) in [6.07, 6.45) is 6.66. The normalized spacial score (nSPS) is 12.2. The van der Waals surface area contributed by atoms with Gasteiger partial charge in [0, 0.05) is 18.5 Å². The van der Waals surface area contributed by atoms with E-state index in [1.165, 1.54) is 0 Å². The quantitative estimate of drug-likeness (QED) is 0.620. The molecule has 0 rings (SSSR count). The number of rotatable bonds is 6. The molecule has 0 fully saturated rings. The van der Waals surface area contributed by atoms with Crippen LogP contribution in [0, 0.1) is 12.3 Å². The maximum Gasteiger partial charge on any atom is 0.234 e. The van der Waals surface area contributed by atoms with Crippen LogP contribution >= 0.6 is 0 Å². The van der Waals surface area contributed by atoms with Crippen molar-refractivity contribution in [1.82, 2.24) is 10.6 Å². The van der Waals surface area contributed by atoms with Crippen molar-refractivity contribution in [3.63, 3.8) is 0 Å². The van der Waals surface area contributed by atoms with Gasteiger partial charge >= 0.3 is 0 Å². The van der Waals surface area contributed by atoms with Gasteiger partial charge in [-0.25, -0.2) is 0 Å². The first-order valence-electron chi connectivity index (χ1n) is 5.06. The molecule has 1 atom stereocenters. The highest BCUT2D eigenvalue weighted by molar-refractivity contribution is 5.78. The van der Waals surface area contributed by atoms with E-state index in [-0.39, 0.29) is 11.9 Å². The molecule has 14 heavy (non-hydrogen) atoms. The highest BCUT2D eigenvalue weighted by atomic mass is 16.1. The molecule has 3 nitrogen and oxygen atoms in total. The fourth-order valence-electron chi connectivity index (χ4n) is 1.02. The highest BCUT2D eigenvalue weighted by Crippen LogP contribution is 1.95. The van der Waals surface area contributed by atoms with Gasteiger partial charge in [-0.05, 0) is 6.42 Å². The lowest BCUT2D eigenvalue weighted by molar-refractivity contribution is -0.121. The van der Waals surface area contributed by atoms with Crippen molar-refractivity contribution in [2.24, 2.45) is 0 Å². The molecule has 0 aliphatic carbocycles. The minimum Gasteiger partial charge on any atom is -0.351 e. The second kappa shape index (κ2) is 7.40. The van der Waals surface area contributed by atoms with Crippen molar-refractivity contribution in [3.05, 3.63) is 0 Å². The number of carbonyl (C=O) groups excluding carboxylic acids is 1. The predicted molar refractivity (Wildman–Crippen MR) is 58.8 cm³/mol. The van der Waals surface area contributed by atoms with E-state index in [9.17, 15) is 4.79 Å². The molecule has 2 N–H and O–H groups in total. The molecule has 1 unspecified atom stereocenters. The molecule has 0 aliphatic rings. The zero-order valence-electron chi connectivity index (χ0n) is 9.26. The van der Waals surface area contributed by atoms with Crippen LogP contribution in [0.2, 0.25) is 0 Å². The summed E-state index contributed by atoms with van der Waals surface area (Å²) < 4.78 is 0. The summed E-state index contributed by atoms with van der Waals surface area (Å²) in [5, 5.41) is 5.93. The molecule has 0 spiro atoms. The van der Waals surface area contributed by atoms with Crippen LogP contribution in [0.25, 0.3) is 0 Å². The Morgan fingerprint density at radius 3 is 2.57 bits per heavy atom. The Hall–Kier alpha value is -1.01.